The summed E-state index contributed by atoms with van der Waals surface area (Å²) in [7, 11) is 0. The fraction of sp³-hybridized carbons (Fsp3) is 0.667. The van der Waals surface area contributed by atoms with E-state index in [1.54, 1.807) is 23.0 Å². The maximum Gasteiger partial charge on any atom is 0.240 e. The number of nitrogens with zero attached hydrogens (tertiary/aromatic N) is 3. The van der Waals surface area contributed by atoms with E-state index in [2.05, 4.69) is 34.8 Å². The van der Waals surface area contributed by atoms with E-state index in [1.807, 2.05) is 19.1 Å². The van der Waals surface area contributed by atoms with Crippen LogP contribution in [-0.4, -0.2) is 97.4 Å². The van der Waals surface area contributed by atoms with Gasteiger partial charge in [0.1, 0.15) is 41.7 Å². The summed E-state index contributed by atoms with van der Waals surface area (Å²) >= 11 is 1.27. The molecule has 1 aromatic carbocycles. The number of carbonyl (C=O) groups is 1. The highest BCUT2D eigenvalue weighted by atomic mass is 32.2. The molecule has 3 fully saturated rings. The fourth-order valence-corrected chi connectivity index (χ4v) is 8.72. The molecule has 11 nitrogen and oxygen atoms in total. The van der Waals surface area contributed by atoms with Crippen LogP contribution in [0.5, 0.6) is 0 Å². The fourth-order valence-electron chi connectivity index (χ4n) is 7.41. The van der Waals surface area contributed by atoms with Crippen molar-refractivity contribution in [3.8, 4) is 5.69 Å². The minimum atomic E-state index is -1.49. The number of benzene rings is 1. The summed E-state index contributed by atoms with van der Waals surface area (Å²) < 4.78 is 27.6. The molecule has 0 spiro atoms. The quantitative estimate of drug-likeness (QED) is 0.293. The Morgan fingerprint density at radius 2 is 1.96 bits per heavy atom. The minimum Gasteiger partial charge on any atom is -0.388 e. The highest BCUT2D eigenvalue weighted by Crippen LogP contribution is 2.42. The van der Waals surface area contributed by atoms with Gasteiger partial charge in [-0.05, 0) is 73.6 Å². The third-order valence-electron chi connectivity index (χ3n) is 9.81. The van der Waals surface area contributed by atoms with Gasteiger partial charge in [-0.15, -0.1) is 16.9 Å². The summed E-state index contributed by atoms with van der Waals surface area (Å²) in [6.07, 6.45) is 3.87. The van der Waals surface area contributed by atoms with E-state index in [-0.39, 0.29) is 34.9 Å². The zero-order chi connectivity index (χ0) is 32.5. The van der Waals surface area contributed by atoms with Gasteiger partial charge in [0.15, 0.2) is 0 Å². The lowest BCUT2D eigenvalue weighted by molar-refractivity contribution is -0.207. The number of ether oxygens (including phenoxy) is 2. The van der Waals surface area contributed by atoms with E-state index in [1.165, 1.54) is 23.9 Å². The number of fused-ring (bicyclic) bond motifs is 3. The first kappa shape index (κ1) is 33.5. The molecular formula is C33H46FN5O6S. The van der Waals surface area contributed by atoms with Crippen LogP contribution >= 0.6 is 11.8 Å². The summed E-state index contributed by atoms with van der Waals surface area (Å²) in [5, 5.41) is 47.9. The van der Waals surface area contributed by atoms with E-state index >= 15 is 0 Å². The molecule has 0 radical (unpaired) electrons. The highest BCUT2D eigenvalue weighted by molar-refractivity contribution is 8.00. The monoisotopic (exact) mass is 659 g/mol. The van der Waals surface area contributed by atoms with E-state index in [0.717, 1.165) is 19.3 Å². The van der Waals surface area contributed by atoms with Crippen molar-refractivity contribution >= 4 is 17.7 Å². The number of allylic oxidation sites excluding steroid dienone is 1. The number of hydrogen-bond acceptors (Lipinski definition) is 10. The number of carbonyl (C=O) groups excluding carboxylic acids is 1. The number of thioether (sulfide) groups is 1. The maximum atomic E-state index is 13.9. The Morgan fingerprint density at radius 1 is 1.17 bits per heavy atom. The molecule has 2 bridgehead atoms. The molecule has 1 amide bonds. The Labute approximate surface area is 273 Å². The van der Waals surface area contributed by atoms with Crippen LogP contribution in [0.25, 0.3) is 5.69 Å². The number of halogens is 1. The van der Waals surface area contributed by atoms with Crippen molar-refractivity contribution in [1.82, 2.24) is 25.6 Å². The van der Waals surface area contributed by atoms with Crippen LogP contribution in [0.3, 0.4) is 0 Å². The normalized spacial score (nSPS) is 38.3. The molecule has 6 rings (SSSR count). The van der Waals surface area contributed by atoms with Crippen molar-refractivity contribution in [3.63, 3.8) is 0 Å². The number of aliphatic hydroxyl groups excluding tert-OH is 3. The molecule has 46 heavy (non-hydrogen) atoms. The minimum absolute atomic E-state index is 0.229. The third kappa shape index (κ3) is 7.20. The third-order valence-corrected chi connectivity index (χ3v) is 11.2. The average molecular weight is 660 g/mol. The van der Waals surface area contributed by atoms with Gasteiger partial charge in [0, 0.05) is 13.2 Å². The number of nitrogens with one attached hydrogen (secondary N) is 2. The Kier molecular flexibility index (Phi) is 10.5. The smallest absolute Gasteiger partial charge is 0.240 e. The molecule has 1 aromatic heterocycles. The van der Waals surface area contributed by atoms with Crippen molar-refractivity contribution in [2.24, 2.45) is 23.7 Å². The summed E-state index contributed by atoms with van der Waals surface area (Å²) in [5.74, 6) is 0.569. The van der Waals surface area contributed by atoms with Gasteiger partial charge >= 0.3 is 0 Å². The van der Waals surface area contributed by atoms with Crippen molar-refractivity contribution in [3.05, 3.63) is 54.1 Å². The van der Waals surface area contributed by atoms with E-state index in [9.17, 15) is 24.5 Å². The largest absolute Gasteiger partial charge is 0.388 e. The van der Waals surface area contributed by atoms with Crippen LogP contribution in [-0.2, 0) is 14.3 Å². The van der Waals surface area contributed by atoms with Crippen LogP contribution in [0.2, 0.25) is 0 Å². The second-order valence-electron chi connectivity index (χ2n) is 13.7. The lowest BCUT2D eigenvalue weighted by Crippen LogP contribution is -2.65. The van der Waals surface area contributed by atoms with Gasteiger partial charge in [0.2, 0.25) is 5.91 Å². The van der Waals surface area contributed by atoms with Gasteiger partial charge < -0.3 is 35.4 Å². The second kappa shape index (κ2) is 14.4. The molecule has 5 N–H and O–H groups in total. The van der Waals surface area contributed by atoms with E-state index in [0.29, 0.717) is 42.8 Å². The summed E-state index contributed by atoms with van der Waals surface area (Å²) in [5.41, 5.74) is 0.346. The number of aromatic nitrogens is 3. The number of amides is 1. The van der Waals surface area contributed by atoms with Gasteiger partial charge in [-0.3, -0.25) is 4.79 Å². The van der Waals surface area contributed by atoms with Gasteiger partial charge in [0.05, 0.1) is 35.0 Å². The highest BCUT2D eigenvalue weighted by Gasteiger charge is 2.50. The van der Waals surface area contributed by atoms with Crippen molar-refractivity contribution in [2.75, 3.05) is 13.2 Å². The topological polar surface area (TPSA) is 151 Å². The summed E-state index contributed by atoms with van der Waals surface area (Å²) in [6, 6.07) is 4.69. The first-order valence-corrected chi connectivity index (χ1v) is 17.4. The molecular weight excluding hydrogens is 613 g/mol. The molecule has 12 atom stereocenters. The predicted octanol–water partition coefficient (Wildman–Crippen LogP) is 2.50. The van der Waals surface area contributed by atoms with E-state index < -0.39 is 41.9 Å². The molecule has 4 aliphatic rings. The molecule has 4 aliphatic heterocycles. The summed E-state index contributed by atoms with van der Waals surface area (Å²) in [4.78, 5) is 13.9. The lowest BCUT2D eigenvalue weighted by Gasteiger charge is -2.45. The van der Waals surface area contributed by atoms with Crippen molar-refractivity contribution in [1.29, 1.82) is 0 Å². The second-order valence-corrected chi connectivity index (χ2v) is 15.0. The van der Waals surface area contributed by atoms with Gasteiger partial charge in [0.25, 0.3) is 0 Å². The standard InChI is InChI=1S/C33H46FN5O6S/c1-17(2)13-19-11-12-44-30-20(14-19)15-35-26(30)32(43)36-25-18(3)5-4-6-24(46-33-29(42)27(40)28(41)31(25)45-33)23-16-39(38-37-23)22-9-7-21(34)8-10-22/h4-5,7-10,16-20,24-31,33,35,40-42H,6,11-15H2,1-3H3,(H,36,43)/t18-,19+,20+,24+,25-,26+,27+,28-,29-,30-,31-,33-/m1/s1. The van der Waals surface area contributed by atoms with Crippen molar-refractivity contribution in [2.45, 2.75) is 99.7 Å². The lowest BCUT2D eigenvalue weighted by atomic mass is 9.85. The van der Waals surface area contributed by atoms with Gasteiger partial charge in [-0.1, -0.05) is 38.1 Å². The average Bonchev–Trinajstić information content (AvgIpc) is 3.62. The molecule has 0 unspecified atom stereocenters. The molecule has 0 saturated carbocycles. The number of hydrogen-bond donors (Lipinski definition) is 5. The van der Waals surface area contributed by atoms with Crippen LogP contribution < -0.4 is 10.6 Å². The predicted molar refractivity (Wildman–Crippen MR) is 170 cm³/mol. The van der Waals surface area contributed by atoms with Gasteiger partial charge in [-0.2, -0.15) is 0 Å². The molecule has 2 aromatic rings. The van der Waals surface area contributed by atoms with Crippen LogP contribution in [0.1, 0.15) is 57.4 Å². The zero-order valence-electron chi connectivity index (χ0n) is 26.5. The Morgan fingerprint density at radius 3 is 2.72 bits per heavy atom. The van der Waals surface area contributed by atoms with Gasteiger partial charge in [-0.25, -0.2) is 9.07 Å². The molecule has 0 aliphatic carbocycles. The summed E-state index contributed by atoms with van der Waals surface area (Å²) in [6.45, 7) is 7.74. The molecule has 252 valence electrons. The van der Waals surface area contributed by atoms with Crippen LogP contribution in [0.4, 0.5) is 4.39 Å². The molecule has 13 heteroatoms. The van der Waals surface area contributed by atoms with Crippen LogP contribution in [0, 0.1) is 29.5 Å². The van der Waals surface area contributed by atoms with E-state index in [4.69, 9.17) is 9.47 Å². The number of aliphatic hydroxyl groups is 3. The zero-order valence-corrected chi connectivity index (χ0v) is 27.3. The Bertz CT molecular complexity index is 1360. The first-order chi connectivity index (χ1) is 22.1. The maximum absolute atomic E-state index is 13.9. The molecule has 3 saturated heterocycles. The Hall–Kier alpha value is -2.39. The Balaban J connectivity index is 1.20. The first-order valence-electron chi connectivity index (χ1n) is 16.4. The number of rotatable bonds is 6. The SMILES string of the molecule is CC(C)C[C@@H]1CCO[C@@H]2[C@H](CN[C@@H]2C(=O)N[C@H]2[C@H]3O[C@H](S[C@H](c4cn(-c5ccc(F)cc5)nn4)CC=C[C@H]2C)[C@H](O)[C@@H](O)[C@H]3O)C1. The van der Waals surface area contributed by atoms with Crippen molar-refractivity contribution < 1.29 is 34.0 Å². The van der Waals surface area contributed by atoms with Crippen LogP contribution in [0.15, 0.2) is 42.6 Å². The molecule has 5 heterocycles.